The summed E-state index contributed by atoms with van der Waals surface area (Å²) in [6.45, 7) is 0.151. The van der Waals surface area contributed by atoms with E-state index in [1.807, 2.05) is 6.26 Å². The fourth-order valence-electron chi connectivity index (χ4n) is 2.73. The average Bonchev–Trinajstić information content (AvgIpc) is 2.77. The highest BCUT2D eigenvalue weighted by Crippen LogP contribution is 2.25. The van der Waals surface area contributed by atoms with E-state index in [0.717, 1.165) is 10.5 Å². The van der Waals surface area contributed by atoms with Crippen LogP contribution in [0, 0.1) is 10.1 Å². The lowest BCUT2D eigenvalue weighted by atomic mass is 10.1. The molecule has 9 heteroatoms. The van der Waals surface area contributed by atoms with Gasteiger partial charge in [0.25, 0.3) is 17.5 Å². The summed E-state index contributed by atoms with van der Waals surface area (Å²) < 4.78 is 0. The van der Waals surface area contributed by atoms with Gasteiger partial charge in [-0.2, -0.15) is 0 Å². The van der Waals surface area contributed by atoms with Crippen LogP contribution in [0.5, 0.6) is 0 Å². The molecule has 0 bridgehead atoms. The van der Waals surface area contributed by atoms with Crippen LogP contribution in [0.15, 0.2) is 71.9 Å². The van der Waals surface area contributed by atoms with E-state index in [-0.39, 0.29) is 23.7 Å². The lowest BCUT2D eigenvalue weighted by Crippen LogP contribution is -2.24. The highest BCUT2D eigenvalue weighted by atomic mass is 32.2. The minimum Gasteiger partial charge on any atom is -0.348 e. The van der Waals surface area contributed by atoms with Crippen LogP contribution in [0.3, 0.4) is 0 Å². The summed E-state index contributed by atoms with van der Waals surface area (Å²) in [5, 5.41) is 16.7. The monoisotopic (exact) mass is 422 g/mol. The Labute approximate surface area is 176 Å². The Balaban J connectivity index is 1.69. The first-order chi connectivity index (χ1) is 14.5. The molecule has 0 aliphatic carbocycles. The largest absolute Gasteiger partial charge is 0.348 e. The van der Waals surface area contributed by atoms with Crippen molar-refractivity contribution in [3.05, 3.63) is 93.8 Å². The molecular formula is C21H18N4O4S. The normalized spacial score (nSPS) is 10.3. The molecule has 0 atom stereocenters. The third-order valence-corrected chi connectivity index (χ3v) is 4.95. The number of aromatic nitrogens is 1. The van der Waals surface area contributed by atoms with Gasteiger partial charge in [-0.25, -0.2) is 0 Å². The van der Waals surface area contributed by atoms with E-state index in [2.05, 4.69) is 15.6 Å². The van der Waals surface area contributed by atoms with Gasteiger partial charge in [-0.3, -0.25) is 24.7 Å². The van der Waals surface area contributed by atoms with Crippen LogP contribution in [-0.4, -0.2) is 28.0 Å². The second-order valence-electron chi connectivity index (χ2n) is 6.21. The zero-order valence-electron chi connectivity index (χ0n) is 16.0. The third-order valence-electron chi connectivity index (χ3n) is 4.23. The summed E-state index contributed by atoms with van der Waals surface area (Å²) >= 11 is 1.39. The van der Waals surface area contributed by atoms with Crippen LogP contribution in [0.25, 0.3) is 0 Å². The van der Waals surface area contributed by atoms with Crippen molar-refractivity contribution in [2.45, 2.75) is 11.4 Å². The Morgan fingerprint density at radius 1 is 1.07 bits per heavy atom. The van der Waals surface area contributed by atoms with Crippen molar-refractivity contribution in [2.24, 2.45) is 0 Å². The van der Waals surface area contributed by atoms with E-state index in [1.54, 1.807) is 42.5 Å². The Morgan fingerprint density at radius 3 is 2.53 bits per heavy atom. The van der Waals surface area contributed by atoms with Crippen molar-refractivity contribution < 1.29 is 14.5 Å². The number of nitrogens with zero attached hydrogens (tertiary/aromatic N) is 2. The first-order valence-corrected chi connectivity index (χ1v) is 10.1. The first kappa shape index (κ1) is 21.0. The van der Waals surface area contributed by atoms with Crippen LogP contribution in [0.1, 0.15) is 26.3 Å². The summed E-state index contributed by atoms with van der Waals surface area (Å²) in [5.74, 6) is -0.813. The van der Waals surface area contributed by atoms with Gasteiger partial charge in [-0.05, 0) is 48.2 Å². The van der Waals surface area contributed by atoms with Crippen LogP contribution in [0.4, 0.5) is 11.4 Å². The minimum atomic E-state index is -0.575. The van der Waals surface area contributed by atoms with E-state index >= 15 is 0 Å². The number of rotatable bonds is 7. The summed E-state index contributed by atoms with van der Waals surface area (Å²) in [6.07, 6.45) is 4.90. The number of carbonyl (C=O) groups excluding carboxylic acids is 2. The third kappa shape index (κ3) is 5.21. The van der Waals surface area contributed by atoms with Crippen molar-refractivity contribution in [1.82, 2.24) is 10.3 Å². The van der Waals surface area contributed by atoms with E-state index in [4.69, 9.17) is 0 Å². The van der Waals surface area contributed by atoms with Crippen LogP contribution >= 0.6 is 11.8 Å². The number of nitro benzene ring substituents is 1. The number of hydrogen-bond donors (Lipinski definition) is 2. The molecule has 3 aromatic rings. The number of pyridine rings is 1. The molecule has 30 heavy (non-hydrogen) atoms. The Hall–Kier alpha value is -3.72. The number of thioether (sulfide) groups is 1. The number of carbonyl (C=O) groups is 2. The Kier molecular flexibility index (Phi) is 6.76. The SMILES string of the molecule is CSc1ccc([N+](=O)[O-])c(C(=O)NCc2cccc(NC(=O)c3ccncc3)c2)c1. The molecule has 152 valence electrons. The smallest absolute Gasteiger partial charge is 0.282 e. The standard InChI is InChI=1S/C21H18N4O4S/c1-30-17-5-6-19(25(28)29)18(12-17)21(27)23-13-14-3-2-4-16(11-14)24-20(26)15-7-9-22-10-8-15/h2-12H,13H2,1H3,(H,23,27)(H,24,26). The molecule has 8 nitrogen and oxygen atoms in total. The molecule has 0 spiro atoms. The maximum absolute atomic E-state index is 12.6. The molecule has 2 amide bonds. The molecule has 0 saturated heterocycles. The topological polar surface area (TPSA) is 114 Å². The summed E-state index contributed by atoms with van der Waals surface area (Å²) in [7, 11) is 0. The second-order valence-corrected chi connectivity index (χ2v) is 7.09. The molecule has 0 unspecified atom stereocenters. The van der Waals surface area contributed by atoms with Crippen molar-refractivity contribution in [3.63, 3.8) is 0 Å². The predicted molar refractivity (Wildman–Crippen MR) is 115 cm³/mol. The number of anilines is 1. The quantitative estimate of drug-likeness (QED) is 0.339. The van der Waals surface area contributed by atoms with Gasteiger partial charge in [0.2, 0.25) is 0 Å². The molecule has 1 aromatic heterocycles. The van der Waals surface area contributed by atoms with E-state index in [0.29, 0.717) is 11.3 Å². The maximum Gasteiger partial charge on any atom is 0.282 e. The Morgan fingerprint density at radius 2 is 1.83 bits per heavy atom. The molecule has 2 aromatic carbocycles. The van der Waals surface area contributed by atoms with Gasteiger partial charge in [0, 0.05) is 41.2 Å². The van der Waals surface area contributed by atoms with Gasteiger partial charge >= 0.3 is 0 Å². The lowest BCUT2D eigenvalue weighted by molar-refractivity contribution is -0.385. The second kappa shape index (κ2) is 9.66. The van der Waals surface area contributed by atoms with Gasteiger partial charge in [0.1, 0.15) is 5.56 Å². The molecule has 0 aliphatic heterocycles. The predicted octanol–water partition coefficient (Wildman–Crippen LogP) is 3.89. The zero-order chi connectivity index (χ0) is 21.5. The van der Waals surface area contributed by atoms with Crippen molar-refractivity contribution >= 4 is 35.0 Å². The molecule has 0 fully saturated rings. The summed E-state index contributed by atoms with van der Waals surface area (Å²) in [4.78, 5) is 40.1. The van der Waals surface area contributed by atoms with Gasteiger partial charge in [0.05, 0.1) is 4.92 Å². The highest BCUT2D eigenvalue weighted by molar-refractivity contribution is 7.98. The first-order valence-electron chi connectivity index (χ1n) is 8.89. The van der Waals surface area contributed by atoms with Gasteiger partial charge in [-0.15, -0.1) is 11.8 Å². The van der Waals surface area contributed by atoms with Crippen LogP contribution < -0.4 is 10.6 Å². The summed E-state index contributed by atoms with van der Waals surface area (Å²) in [6, 6.07) is 14.6. The van der Waals surface area contributed by atoms with Gasteiger partial charge in [0.15, 0.2) is 0 Å². The van der Waals surface area contributed by atoms with Crippen LogP contribution in [-0.2, 0) is 6.54 Å². The molecule has 1 heterocycles. The molecule has 0 aliphatic rings. The molecule has 2 N–H and O–H groups in total. The lowest BCUT2D eigenvalue weighted by Gasteiger charge is -2.10. The van der Waals surface area contributed by atoms with E-state index in [9.17, 15) is 19.7 Å². The average molecular weight is 422 g/mol. The maximum atomic E-state index is 12.6. The van der Waals surface area contributed by atoms with Gasteiger partial charge < -0.3 is 10.6 Å². The zero-order valence-corrected chi connectivity index (χ0v) is 16.8. The molecular weight excluding hydrogens is 404 g/mol. The summed E-state index contributed by atoms with van der Waals surface area (Å²) in [5.41, 5.74) is 1.54. The number of nitro groups is 1. The Bertz CT molecular complexity index is 1090. The number of benzene rings is 2. The van der Waals surface area contributed by atoms with Crippen LogP contribution in [0.2, 0.25) is 0 Å². The fraction of sp³-hybridized carbons (Fsp3) is 0.0952. The minimum absolute atomic E-state index is 0.00833. The molecule has 0 radical (unpaired) electrons. The fourth-order valence-corrected chi connectivity index (χ4v) is 3.17. The van der Waals surface area contributed by atoms with E-state index < -0.39 is 10.8 Å². The molecule has 0 saturated carbocycles. The number of nitrogens with one attached hydrogen (secondary N) is 2. The molecule has 3 rings (SSSR count). The van der Waals surface area contributed by atoms with Gasteiger partial charge in [-0.1, -0.05) is 12.1 Å². The van der Waals surface area contributed by atoms with Crippen molar-refractivity contribution in [2.75, 3.05) is 11.6 Å². The van der Waals surface area contributed by atoms with Crippen molar-refractivity contribution in [3.8, 4) is 0 Å². The number of amides is 2. The highest BCUT2D eigenvalue weighted by Gasteiger charge is 2.20. The van der Waals surface area contributed by atoms with Crippen molar-refractivity contribution in [1.29, 1.82) is 0 Å². The van der Waals surface area contributed by atoms with E-state index in [1.165, 1.54) is 36.3 Å². The number of hydrogen-bond acceptors (Lipinski definition) is 6.